The second-order valence-corrected chi connectivity index (χ2v) is 24.0. The molecule has 10 aliphatic rings. The topological polar surface area (TPSA) is 315 Å². The lowest BCUT2D eigenvalue weighted by molar-refractivity contribution is -0.377. The predicted octanol–water partition coefficient (Wildman–Crippen LogP) is -0.936. The van der Waals surface area contributed by atoms with E-state index in [4.69, 9.17) is 47.4 Å². The van der Waals surface area contributed by atoms with Crippen molar-refractivity contribution < 1.29 is 104 Å². The van der Waals surface area contributed by atoms with Gasteiger partial charge in [-0.1, -0.05) is 39.3 Å². The Bertz CT molecular complexity index is 1930. The van der Waals surface area contributed by atoms with E-state index in [1.54, 1.807) is 0 Å². The number of rotatable bonds is 9. The third-order valence-corrected chi connectivity index (χ3v) is 19.7. The summed E-state index contributed by atoms with van der Waals surface area (Å²) in [6, 6.07) is 0. The molecule has 0 aromatic heterocycles. The van der Waals surface area contributed by atoms with Crippen molar-refractivity contribution in [2.75, 3.05) is 13.2 Å². The summed E-state index contributed by atoms with van der Waals surface area (Å²) in [5.74, 6) is 1.04. The SMILES string of the molecule is CC1COC2(OC3CC4C5CC=C6CC(OC7OC(COC8OC(C)C(OC9OC(C)C(O)C(O)C9O)C(O)C8O)C(O)C(O)C7OC7OC(C)C(O)C(O)C7O)CCC6(C)C5CCC4(C)C3C2C)C(O)C1. The van der Waals surface area contributed by atoms with E-state index in [-0.39, 0.29) is 34.7 Å². The van der Waals surface area contributed by atoms with Gasteiger partial charge in [0.05, 0.1) is 43.7 Å². The highest BCUT2D eigenvalue weighted by Crippen LogP contribution is 2.71. The molecule has 4 aliphatic carbocycles. The molecule has 0 bridgehead atoms. The van der Waals surface area contributed by atoms with Gasteiger partial charge < -0.3 is 104 Å². The van der Waals surface area contributed by atoms with Crippen molar-refractivity contribution in [1.82, 2.24) is 0 Å². The van der Waals surface area contributed by atoms with E-state index in [2.05, 4.69) is 33.8 Å². The van der Waals surface area contributed by atoms with E-state index >= 15 is 0 Å². The zero-order valence-corrected chi connectivity index (χ0v) is 42.4. The molecule has 9 fully saturated rings. The van der Waals surface area contributed by atoms with Crippen LogP contribution in [-0.4, -0.2) is 216 Å². The molecule has 0 radical (unpaired) electrons. The fourth-order valence-corrected chi connectivity index (χ4v) is 15.5. The summed E-state index contributed by atoms with van der Waals surface area (Å²) in [5.41, 5.74) is 1.23. The molecular formula is C51H82O21. The van der Waals surface area contributed by atoms with Crippen LogP contribution in [0.25, 0.3) is 0 Å². The second kappa shape index (κ2) is 20.3. The lowest BCUT2D eigenvalue weighted by atomic mass is 9.47. The fourth-order valence-electron chi connectivity index (χ4n) is 15.5. The summed E-state index contributed by atoms with van der Waals surface area (Å²) < 4.78 is 61.4. The van der Waals surface area contributed by atoms with Gasteiger partial charge in [0.2, 0.25) is 0 Å². The van der Waals surface area contributed by atoms with Gasteiger partial charge in [-0.25, -0.2) is 0 Å². The number of aliphatic hydroxyl groups excluding tert-OH is 11. The first-order valence-electron chi connectivity index (χ1n) is 26.7. The van der Waals surface area contributed by atoms with Gasteiger partial charge in [0.15, 0.2) is 30.9 Å². The first-order valence-corrected chi connectivity index (χ1v) is 26.7. The van der Waals surface area contributed by atoms with Crippen LogP contribution < -0.4 is 0 Å². The van der Waals surface area contributed by atoms with Crippen LogP contribution in [0.15, 0.2) is 11.6 Å². The summed E-state index contributed by atoms with van der Waals surface area (Å²) in [6.45, 7) is 13.7. The molecule has 21 nitrogen and oxygen atoms in total. The smallest absolute Gasteiger partial charge is 0.197 e. The average Bonchev–Trinajstić information content (AvgIpc) is 3.81. The van der Waals surface area contributed by atoms with Gasteiger partial charge in [-0.15, -0.1) is 0 Å². The highest BCUT2D eigenvalue weighted by Gasteiger charge is 2.70. The summed E-state index contributed by atoms with van der Waals surface area (Å²) >= 11 is 0. The van der Waals surface area contributed by atoms with E-state index in [9.17, 15) is 56.2 Å². The van der Waals surface area contributed by atoms with Crippen molar-refractivity contribution in [1.29, 1.82) is 0 Å². The maximum absolute atomic E-state index is 11.8. The standard InChI is InChI=1S/C51H82O21/c1-19-14-31(52)51(64-17-19)20(2)32-29(72-51)16-28-26-9-8-24-15-25(10-12-49(24,6)27(26)11-13-50(28,32)7)68-48-44(71-47-41(61)37(57)34(54)22(4)66-47)38(58)35(55)30(69-48)18-63-45-42(62)39(59)43(23(5)67-45)70-46-40(60)36(56)33(53)21(3)65-46/h8,19-23,25-48,52-62H,9-18H2,1-7H3. The number of hydrogen-bond donors (Lipinski definition) is 11. The van der Waals surface area contributed by atoms with Crippen LogP contribution in [0, 0.1) is 46.3 Å². The lowest BCUT2D eigenvalue weighted by Gasteiger charge is -2.59. The molecule has 6 aliphatic heterocycles. The quantitative estimate of drug-likeness (QED) is 0.124. The molecule has 0 amide bonds. The molecule has 6 heterocycles. The van der Waals surface area contributed by atoms with Crippen molar-refractivity contribution in [3.8, 4) is 0 Å². The van der Waals surface area contributed by atoms with Crippen LogP contribution in [0.1, 0.15) is 99.8 Å². The number of ether oxygens (including phenoxy) is 10. The Balaban J connectivity index is 0.820. The monoisotopic (exact) mass is 1030 g/mol. The summed E-state index contributed by atoms with van der Waals surface area (Å²) in [5, 5.41) is 120. The lowest BCUT2D eigenvalue weighted by Crippen LogP contribution is -2.65. The minimum absolute atomic E-state index is 0.0298. The molecule has 21 heteroatoms. The third kappa shape index (κ3) is 9.00. The first-order chi connectivity index (χ1) is 34.0. The highest BCUT2D eigenvalue weighted by molar-refractivity contribution is 5.27. The van der Waals surface area contributed by atoms with Gasteiger partial charge >= 0.3 is 0 Å². The third-order valence-electron chi connectivity index (χ3n) is 19.7. The first kappa shape index (κ1) is 54.3. The van der Waals surface area contributed by atoms with Gasteiger partial charge in [0, 0.05) is 5.92 Å². The van der Waals surface area contributed by atoms with Crippen molar-refractivity contribution >= 4 is 0 Å². The maximum atomic E-state index is 11.8. The Morgan fingerprint density at radius 1 is 0.597 bits per heavy atom. The van der Waals surface area contributed by atoms with Gasteiger partial charge in [-0.3, -0.25) is 0 Å². The normalized spacial score (nSPS) is 58.8. The number of allylic oxidation sites excluding steroid dienone is 1. The maximum Gasteiger partial charge on any atom is 0.197 e. The molecule has 11 N–H and O–H groups in total. The van der Waals surface area contributed by atoms with Gasteiger partial charge in [-0.2, -0.15) is 0 Å². The summed E-state index contributed by atoms with van der Waals surface area (Å²) in [7, 11) is 0. The molecule has 412 valence electrons. The van der Waals surface area contributed by atoms with Crippen LogP contribution in [0.3, 0.4) is 0 Å². The van der Waals surface area contributed by atoms with E-state index in [1.807, 2.05) is 0 Å². The van der Waals surface area contributed by atoms with Crippen molar-refractivity contribution in [3.63, 3.8) is 0 Å². The Morgan fingerprint density at radius 3 is 1.86 bits per heavy atom. The summed E-state index contributed by atoms with van der Waals surface area (Å²) in [4.78, 5) is 0. The number of hydrogen-bond acceptors (Lipinski definition) is 21. The zero-order chi connectivity index (χ0) is 51.7. The van der Waals surface area contributed by atoms with Crippen LogP contribution in [0.5, 0.6) is 0 Å². The molecule has 0 aromatic rings. The second-order valence-electron chi connectivity index (χ2n) is 24.0. The van der Waals surface area contributed by atoms with Crippen LogP contribution >= 0.6 is 0 Å². The minimum Gasteiger partial charge on any atom is -0.388 e. The predicted molar refractivity (Wildman–Crippen MR) is 245 cm³/mol. The Labute approximate surface area is 420 Å². The van der Waals surface area contributed by atoms with E-state index < -0.39 is 147 Å². The van der Waals surface area contributed by atoms with Crippen LogP contribution in [-0.2, 0) is 47.4 Å². The van der Waals surface area contributed by atoms with Crippen molar-refractivity contribution in [2.24, 2.45) is 46.3 Å². The zero-order valence-electron chi connectivity index (χ0n) is 42.4. The van der Waals surface area contributed by atoms with E-state index in [0.29, 0.717) is 43.6 Å². The fraction of sp³-hybridized carbons (Fsp3) is 0.961. The molecule has 6 saturated heterocycles. The van der Waals surface area contributed by atoms with Gasteiger partial charge in [0.1, 0.15) is 85.5 Å². The van der Waals surface area contributed by atoms with Crippen molar-refractivity contribution in [3.05, 3.63) is 11.6 Å². The van der Waals surface area contributed by atoms with Gasteiger partial charge in [0.25, 0.3) is 0 Å². The van der Waals surface area contributed by atoms with Crippen molar-refractivity contribution in [2.45, 2.75) is 247 Å². The van der Waals surface area contributed by atoms with Crippen LogP contribution in [0.4, 0.5) is 0 Å². The molecule has 1 spiro atoms. The number of fused-ring (bicyclic) bond motifs is 7. The highest BCUT2D eigenvalue weighted by atomic mass is 16.8. The van der Waals surface area contributed by atoms with E-state index in [0.717, 1.165) is 32.1 Å². The average molecular weight is 1030 g/mol. The Morgan fingerprint density at radius 2 is 1.21 bits per heavy atom. The van der Waals surface area contributed by atoms with Gasteiger partial charge in [-0.05, 0) is 113 Å². The Kier molecular flexibility index (Phi) is 15.3. The minimum atomic E-state index is -1.74. The molecule has 0 aromatic carbocycles. The molecule has 72 heavy (non-hydrogen) atoms. The molecular weight excluding hydrogens is 949 g/mol. The molecule has 10 rings (SSSR count). The molecule has 3 saturated carbocycles. The number of aliphatic hydroxyl groups is 11. The van der Waals surface area contributed by atoms with Crippen LogP contribution in [0.2, 0.25) is 0 Å². The summed E-state index contributed by atoms with van der Waals surface area (Å²) in [6.07, 6.45) is -21.3. The van der Waals surface area contributed by atoms with E-state index in [1.165, 1.54) is 26.3 Å². The molecule has 32 atom stereocenters. The Hall–Kier alpha value is -1.10. The molecule has 32 unspecified atom stereocenters. The largest absolute Gasteiger partial charge is 0.388 e.